The number of ether oxygens (including phenoxy) is 3. The second kappa shape index (κ2) is 6.46. The maximum atomic E-state index is 12.2. The molecule has 3 rings (SSSR count). The zero-order valence-corrected chi connectivity index (χ0v) is 14.3. The van der Waals surface area contributed by atoms with Crippen LogP contribution in [-0.2, 0) is 16.1 Å². The van der Waals surface area contributed by atoms with Crippen molar-refractivity contribution in [1.29, 1.82) is 0 Å². The number of carbonyl (C=O) groups excluding carboxylic acids is 1. The van der Waals surface area contributed by atoms with E-state index < -0.39 is 0 Å². The van der Waals surface area contributed by atoms with Gasteiger partial charge in [0, 0.05) is 10.0 Å². The molecule has 0 bridgehead atoms. The lowest BCUT2D eigenvalue weighted by Crippen LogP contribution is -2.15. The van der Waals surface area contributed by atoms with Gasteiger partial charge in [-0.1, -0.05) is 28.1 Å². The summed E-state index contributed by atoms with van der Waals surface area (Å²) in [6.45, 7) is 0.228. The number of rotatable bonds is 3. The van der Waals surface area contributed by atoms with Crippen molar-refractivity contribution in [3.8, 4) is 11.5 Å². The summed E-state index contributed by atoms with van der Waals surface area (Å²) in [5.41, 5.74) is 3.13. The number of cyclic esters (lactones) is 1. The fourth-order valence-corrected chi connectivity index (χ4v) is 2.75. The topological polar surface area (TPSA) is 44.8 Å². The maximum absolute atomic E-state index is 12.2. The molecule has 4 nitrogen and oxygen atoms in total. The van der Waals surface area contributed by atoms with Crippen LogP contribution in [-0.4, -0.2) is 20.2 Å². The van der Waals surface area contributed by atoms with E-state index in [1.165, 1.54) is 0 Å². The molecule has 5 heteroatoms. The van der Waals surface area contributed by atoms with Crippen LogP contribution in [0.1, 0.15) is 16.7 Å². The second-order valence-corrected chi connectivity index (χ2v) is 5.97. The third-order valence-electron chi connectivity index (χ3n) is 3.66. The molecule has 2 aromatic rings. The Balaban J connectivity index is 2.12. The minimum Gasteiger partial charge on any atom is -0.493 e. The largest absolute Gasteiger partial charge is 0.493 e. The highest BCUT2D eigenvalue weighted by molar-refractivity contribution is 9.10. The number of hydrogen-bond acceptors (Lipinski definition) is 4. The van der Waals surface area contributed by atoms with Crippen LogP contribution in [0.3, 0.4) is 0 Å². The maximum Gasteiger partial charge on any atom is 0.339 e. The van der Waals surface area contributed by atoms with Crippen molar-refractivity contribution in [1.82, 2.24) is 0 Å². The minimum absolute atomic E-state index is 0.228. The van der Waals surface area contributed by atoms with Crippen molar-refractivity contribution in [3.05, 3.63) is 57.6 Å². The fraction of sp³-hybridized carbons (Fsp3) is 0.167. The Morgan fingerprint density at radius 1 is 1.09 bits per heavy atom. The van der Waals surface area contributed by atoms with Gasteiger partial charge < -0.3 is 14.2 Å². The van der Waals surface area contributed by atoms with Gasteiger partial charge in [-0.2, -0.15) is 0 Å². The van der Waals surface area contributed by atoms with Crippen LogP contribution in [0, 0.1) is 0 Å². The van der Waals surface area contributed by atoms with Gasteiger partial charge in [-0.15, -0.1) is 0 Å². The SMILES string of the molecule is COc1cc2c(cc1OC)/C(=C\c1ccc(Br)cc1)C(=O)OC2. The Bertz CT molecular complexity index is 778. The van der Waals surface area contributed by atoms with Gasteiger partial charge in [-0.3, -0.25) is 0 Å². The van der Waals surface area contributed by atoms with E-state index in [1.807, 2.05) is 42.5 Å². The van der Waals surface area contributed by atoms with E-state index in [-0.39, 0.29) is 12.6 Å². The van der Waals surface area contributed by atoms with Gasteiger partial charge in [0.2, 0.25) is 0 Å². The van der Waals surface area contributed by atoms with E-state index in [9.17, 15) is 4.79 Å². The van der Waals surface area contributed by atoms with Crippen LogP contribution >= 0.6 is 15.9 Å². The lowest BCUT2D eigenvalue weighted by Gasteiger charge is -2.21. The first-order valence-electron chi connectivity index (χ1n) is 7.02. The Kier molecular flexibility index (Phi) is 4.39. The number of halogens is 1. The summed E-state index contributed by atoms with van der Waals surface area (Å²) in [4.78, 5) is 12.2. The van der Waals surface area contributed by atoms with Crippen molar-refractivity contribution in [2.75, 3.05) is 14.2 Å². The van der Waals surface area contributed by atoms with E-state index in [0.29, 0.717) is 17.1 Å². The molecule has 0 N–H and O–H groups in total. The normalized spacial score (nSPS) is 15.1. The molecule has 0 saturated carbocycles. The smallest absolute Gasteiger partial charge is 0.339 e. The van der Waals surface area contributed by atoms with E-state index in [1.54, 1.807) is 14.2 Å². The number of carbonyl (C=O) groups is 1. The number of hydrogen-bond donors (Lipinski definition) is 0. The number of methoxy groups -OCH3 is 2. The number of esters is 1. The zero-order chi connectivity index (χ0) is 16.4. The van der Waals surface area contributed by atoms with E-state index in [2.05, 4.69) is 15.9 Å². The first-order valence-corrected chi connectivity index (χ1v) is 7.81. The van der Waals surface area contributed by atoms with Crippen LogP contribution < -0.4 is 9.47 Å². The molecule has 1 aliphatic rings. The zero-order valence-electron chi connectivity index (χ0n) is 12.8. The van der Waals surface area contributed by atoms with Crippen molar-refractivity contribution in [3.63, 3.8) is 0 Å². The molecular weight excluding hydrogens is 360 g/mol. The third-order valence-corrected chi connectivity index (χ3v) is 4.19. The van der Waals surface area contributed by atoms with Crippen molar-refractivity contribution >= 4 is 33.5 Å². The molecular formula is C18H15BrO4. The summed E-state index contributed by atoms with van der Waals surface area (Å²) in [5, 5.41) is 0. The fourth-order valence-electron chi connectivity index (χ4n) is 2.48. The molecule has 0 atom stereocenters. The summed E-state index contributed by atoms with van der Waals surface area (Å²) in [6.07, 6.45) is 1.82. The van der Waals surface area contributed by atoms with E-state index >= 15 is 0 Å². The van der Waals surface area contributed by atoms with E-state index in [0.717, 1.165) is 21.2 Å². The van der Waals surface area contributed by atoms with Gasteiger partial charge >= 0.3 is 5.97 Å². The first kappa shape index (κ1) is 15.6. The highest BCUT2D eigenvalue weighted by Gasteiger charge is 2.25. The summed E-state index contributed by atoms with van der Waals surface area (Å²) in [6, 6.07) is 11.4. The van der Waals surface area contributed by atoms with Gasteiger partial charge in [0.15, 0.2) is 11.5 Å². The predicted octanol–water partition coefficient (Wildman–Crippen LogP) is 4.06. The molecule has 0 fully saturated rings. The molecule has 2 aromatic carbocycles. The highest BCUT2D eigenvalue weighted by Crippen LogP contribution is 2.37. The van der Waals surface area contributed by atoms with Crippen LogP contribution in [0.4, 0.5) is 0 Å². The Hall–Kier alpha value is -2.27. The van der Waals surface area contributed by atoms with Gasteiger partial charge in [0.05, 0.1) is 19.8 Å². The molecule has 23 heavy (non-hydrogen) atoms. The average molecular weight is 375 g/mol. The van der Waals surface area contributed by atoms with Gasteiger partial charge in [-0.25, -0.2) is 4.79 Å². The lowest BCUT2D eigenvalue weighted by atomic mass is 9.95. The number of benzene rings is 2. The third kappa shape index (κ3) is 3.10. The minimum atomic E-state index is -0.340. The Morgan fingerprint density at radius 3 is 2.39 bits per heavy atom. The van der Waals surface area contributed by atoms with Gasteiger partial charge in [0.1, 0.15) is 6.61 Å². The van der Waals surface area contributed by atoms with Crippen LogP contribution in [0.5, 0.6) is 11.5 Å². The number of fused-ring (bicyclic) bond motifs is 1. The first-order chi connectivity index (χ1) is 11.1. The summed E-state index contributed by atoms with van der Waals surface area (Å²) in [7, 11) is 3.15. The predicted molar refractivity (Wildman–Crippen MR) is 91.4 cm³/mol. The average Bonchev–Trinajstić information content (AvgIpc) is 2.58. The Labute approximate surface area is 142 Å². The molecule has 0 spiro atoms. The molecule has 0 aromatic heterocycles. The molecule has 1 aliphatic heterocycles. The monoisotopic (exact) mass is 374 g/mol. The quantitative estimate of drug-likeness (QED) is 0.600. The molecule has 0 aliphatic carbocycles. The molecule has 118 valence electrons. The van der Waals surface area contributed by atoms with Crippen LogP contribution in [0.25, 0.3) is 11.6 Å². The summed E-state index contributed by atoms with van der Waals surface area (Å²) < 4.78 is 16.9. The standard InChI is InChI=1S/C18H15BrO4/c1-21-16-8-12-10-23-18(20)15(14(12)9-17(16)22-2)7-11-3-5-13(19)6-4-11/h3-9H,10H2,1-2H3/b15-7+. The summed E-state index contributed by atoms with van der Waals surface area (Å²) >= 11 is 3.40. The van der Waals surface area contributed by atoms with Crippen molar-refractivity contribution < 1.29 is 19.0 Å². The van der Waals surface area contributed by atoms with Gasteiger partial charge in [0.25, 0.3) is 0 Å². The lowest BCUT2D eigenvalue weighted by molar-refractivity contribution is -0.138. The van der Waals surface area contributed by atoms with Crippen LogP contribution in [0.2, 0.25) is 0 Å². The molecule has 0 saturated heterocycles. The highest BCUT2D eigenvalue weighted by atomic mass is 79.9. The van der Waals surface area contributed by atoms with Gasteiger partial charge in [-0.05, 0) is 41.5 Å². The van der Waals surface area contributed by atoms with Crippen molar-refractivity contribution in [2.45, 2.75) is 6.61 Å². The Morgan fingerprint density at radius 2 is 1.74 bits per heavy atom. The van der Waals surface area contributed by atoms with Crippen LogP contribution in [0.15, 0.2) is 40.9 Å². The molecule has 0 amide bonds. The van der Waals surface area contributed by atoms with E-state index in [4.69, 9.17) is 14.2 Å². The molecule has 1 heterocycles. The van der Waals surface area contributed by atoms with Crippen molar-refractivity contribution in [2.24, 2.45) is 0 Å². The second-order valence-electron chi connectivity index (χ2n) is 5.05. The summed E-state index contributed by atoms with van der Waals surface area (Å²) in [5.74, 6) is 0.863. The molecule has 0 unspecified atom stereocenters. The molecule has 0 radical (unpaired) electrons.